The molecule has 0 bridgehead atoms. The number of nitrogens with zero attached hydrogens (tertiary/aromatic N) is 4. The Morgan fingerprint density at radius 2 is 0.808 bits per heavy atom. The minimum atomic E-state index is -0.738. The standard InChI is InChI=1S/C74H50N4/c1-45-30-35-61-60-22-8-15-29-72(60)78(73(61)40-45)49-34-39-53-52-38-33-48(77-70-27-13-6-20-58(70)59-21-7-14-28-71(59)77)43-64(52)74(65(53)44-49)62-41-46(75-66-23-9-2-16-54(66)55-17-3-10-24-67(55)75)31-36-50(62)51-37-32-47(42-63(51)74)76-68-25-11-4-18-56(68)57-19-5-12-26-69(57)76/h2-29,31-45,54,66H,30H2,1H3. The van der Waals surface area contributed by atoms with Gasteiger partial charge in [0.1, 0.15) is 0 Å². The number of aromatic nitrogens is 3. The number of hydrogen-bond acceptors (Lipinski definition) is 1. The molecule has 1 spiro atoms. The fourth-order valence-corrected chi connectivity index (χ4v) is 15.3. The van der Waals surface area contributed by atoms with Gasteiger partial charge < -0.3 is 18.6 Å². The zero-order chi connectivity index (χ0) is 51.0. The molecule has 5 aliphatic rings. The summed E-state index contributed by atoms with van der Waals surface area (Å²) in [6.07, 6.45) is 15.3. The van der Waals surface area contributed by atoms with Crippen LogP contribution in [0, 0.1) is 5.92 Å². The Labute approximate surface area is 451 Å². The highest BCUT2D eigenvalue weighted by Crippen LogP contribution is 2.65. The van der Waals surface area contributed by atoms with Gasteiger partial charge in [0, 0.05) is 66.5 Å². The highest BCUT2D eigenvalue weighted by Gasteiger charge is 2.53. The quantitative estimate of drug-likeness (QED) is 0.172. The maximum Gasteiger partial charge on any atom is 0.0728 e. The summed E-state index contributed by atoms with van der Waals surface area (Å²) in [5.74, 6) is 0.698. The van der Waals surface area contributed by atoms with Gasteiger partial charge >= 0.3 is 0 Å². The van der Waals surface area contributed by atoms with Gasteiger partial charge in [-0.25, -0.2) is 0 Å². The third-order valence-corrected chi connectivity index (χ3v) is 18.5. The summed E-state index contributed by atoms with van der Waals surface area (Å²) < 4.78 is 7.57. The van der Waals surface area contributed by atoms with Crippen molar-refractivity contribution in [1.82, 2.24) is 13.7 Å². The van der Waals surface area contributed by atoms with Crippen LogP contribution in [0.3, 0.4) is 0 Å². The molecule has 366 valence electrons. The molecular formula is C74H50N4. The highest BCUT2D eigenvalue weighted by atomic mass is 15.2. The van der Waals surface area contributed by atoms with Crippen LogP contribution >= 0.6 is 0 Å². The molecule has 10 aromatic carbocycles. The molecule has 4 unspecified atom stereocenters. The van der Waals surface area contributed by atoms with Gasteiger partial charge in [-0.2, -0.15) is 0 Å². The van der Waals surface area contributed by atoms with E-state index in [1.54, 1.807) is 0 Å². The molecule has 0 N–H and O–H groups in total. The molecule has 0 saturated heterocycles. The number of para-hydroxylation sites is 6. The van der Waals surface area contributed by atoms with Crippen LogP contribution in [0.1, 0.15) is 47.1 Å². The lowest BCUT2D eigenvalue weighted by atomic mass is 9.70. The summed E-state index contributed by atoms with van der Waals surface area (Å²) in [5, 5.41) is 8.96. The van der Waals surface area contributed by atoms with E-state index in [9.17, 15) is 0 Å². The van der Waals surface area contributed by atoms with Crippen LogP contribution in [0.25, 0.3) is 106 Å². The molecule has 0 radical (unpaired) electrons. The molecular weight excluding hydrogens is 945 g/mol. The van der Waals surface area contributed by atoms with Crippen LogP contribution in [0.4, 0.5) is 11.4 Å². The minimum absolute atomic E-state index is 0.160. The Kier molecular flexibility index (Phi) is 8.46. The van der Waals surface area contributed by atoms with E-state index in [2.05, 4.69) is 280 Å². The molecule has 13 aromatic rings. The average molecular weight is 995 g/mol. The van der Waals surface area contributed by atoms with Gasteiger partial charge in [-0.3, -0.25) is 0 Å². The van der Waals surface area contributed by atoms with Crippen LogP contribution in [-0.2, 0) is 5.41 Å². The molecule has 4 heteroatoms. The van der Waals surface area contributed by atoms with Crippen LogP contribution in [0.15, 0.2) is 243 Å². The van der Waals surface area contributed by atoms with Crippen molar-refractivity contribution >= 4 is 78.0 Å². The lowest BCUT2D eigenvalue weighted by Gasteiger charge is -2.33. The summed E-state index contributed by atoms with van der Waals surface area (Å²) >= 11 is 0. The molecule has 3 aromatic heterocycles. The molecule has 4 nitrogen and oxygen atoms in total. The van der Waals surface area contributed by atoms with E-state index in [0.717, 1.165) is 17.8 Å². The zero-order valence-corrected chi connectivity index (χ0v) is 43.0. The van der Waals surface area contributed by atoms with Gasteiger partial charge in [0.25, 0.3) is 0 Å². The van der Waals surface area contributed by atoms with Gasteiger partial charge in [0.05, 0.1) is 44.4 Å². The minimum Gasteiger partial charge on any atom is -0.333 e. The number of benzene rings is 10. The first-order chi connectivity index (χ1) is 38.6. The van der Waals surface area contributed by atoms with Crippen molar-refractivity contribution in [2.24, 2.45) is 5.92 Å². The van der Waals surface area contributed by atoms with Crippen molar-refractivity contribution < 1.29 is 0 Å². The van der Waals surface area contributed by atoms with Gasteiger partial charge in [-0.05, 0) is 147 Å². The molecule has 78 heavy (non-hydrogen) atoms. The lowest BCUT2D eigenvalue weighted by Crippen LogP contribution is -2.32. The largest absolute Gasteiger partial charge is 0.333 e. The van der Waals surface area contributed by atoms with Crippen LogP contribution in [-0.4, -0.2) is 19.7 Å². The number of anilines is 2. The molecule has 0 amide bonds. The van der Waals surface area contributed by atoms with Gasteiger partial charge in [0.2, 0.25) is 0 Å². The third-order valence-electron chi connectivity index (χ3n) is 18.5. The molecule has 4 aliphatic carbocycles. The molecule has 0 fully saturated rings. The number of allylic oxidation sites excluding steroid dienone is 2. The normalized spacial score (nSPS) is 19.0. The van der Waals surface area contributed by atoms with E-state index < -0.39 is 5.41 Å². The zero-order valence-electron chi connectivity index (χ0n) is 43.0. The summed E-state index contributed by atoms with van der Waals surface area (Å²) in [7, 11) is 0. The Morgan fingerprint density at radius 3 is 1.33 bits per heavy atom. The predicted octanol–water partition coefficient (Wildman–Crippen LogP) is 16.5. The first-order valence-electron chi connectivity index (χ1n) is 27.7. The highest BCUT2D eigenvalue weighted by molar-refractivity contribution is 6.11. The molecule has 1 aliphatic heterocycles. The van der Waals surface area contributed by atoms with Gasteiger partial charge in [0.15, 0.2) is 0 Å². The fourth-order valence-electron chi connectivity index (χ4n) is 15.3. The first-order valence-corrected chi connectivity index (χ1v) is 27.7. The second-order valence-corrected chi connectivity index (χ2v) is 22.4. The van der Waals surface area contributed by atoms with Gasteiger partial charge in [-0.1, -0.05) is 177 Å². The Morgan fingerprint density at radius 1 is 0.397 bits per heavy atom. The smallest absolute Gasteiger partial charge is 0.0728 e. The maximum atomic E-state index is 2.62. The number of rotatable bonds is 4. The van der Waals surface area contributed by atoms with Crippen LogP contribution in [0.5, 0.6) is 0 Å². The molecule has 4 heterocycles. The van der Waals surface area contributed by atoms with Crippen molar-refractivity contribution in [3.05, 3.63) is 281 Å². The summed E-state index contributed by atoms with van der Waals surface area (Å²) in [6, 6.07) is 83.6. The number of hydrogen-bond donors (Lipinski definition) is 0. The second-order valence-electron chi connectivity index (χ2n) is 22.4. The van der Waals surface area contributed by atoms with Crippen molar-refractivity contribution in [3.63, 3.8) is 0 Å². The SMILES string of the molecule is CC1C=c2c(c3ccccc3n2-c2ccc3c(c2)C2(c4cc(N5c6ccccc6C6C=CC=CC65)ccc4-c4ccc(-n5c6ccccc6c6ccccc65)cc42)c2cc(-n4c5ccccc5c5ccccc54)ccc2-3)=CC1. The van der Waals surface area contributed by atoms with E-state index in [1.807, 2.05) is 0 Å². The van der Waals surface area contributed by atoms with Crippen LogP contribution < -0.4 is 15.5 Å². The Balaban J connectivity index is 0.980. The topological polar surface area (TPSA) is 18.0 Å². The maximum absolute atomic E-state index is 2.62. The fraction of sp³-hybridized carbons (Fsp3) is 0.0811. The summed E-state index contributed by atoms with van der Waals surface area (Å²) in [6.45, 7) is 2.35. The van der Waals surface area contributed by atoms with E-state index in [1.165, 1.54) is 132 Å². The van der Waals surface area contributed by atoms with E-state index in [-0.39, 0.29) is 12.0 Å². The van der Waals surface area contributed by atoms with Crippen molar-refractivity contribution in [2.75, 3.05) is 4.90 Å². The monoisotopic (exact) mass is 994 g/mol. The number of fused-ring (bicyclic) bond motifs is 22. The van der Waals surface area contributed by atoms with E-state index in [0.29, 0.717) is 5.92 Å². The third kappa shape index (κ3) is 5.44. The van der Waals surface area contributed by atoms with Crippen LogP contribution in [0.2, 0.25) is 0 Å². The lowest BCUT2D eigenvalue weighted by molar-refractivity contribution is 0.742. The predicted molar refractivity (Wildman–Crippen MR) is 324 cm³/mol. The molecule has 18 rings (SSSR count). The average Bonchev–Trinajstić information content (AvgIpc) is 4.40. The Bertz CT molecular complexity index is 4780. The second kappa shape index (κ2) is 15.5. The van der Waals surface area contributed by atoms with Crippen molar-refractivity contribution in [1.29, 1.82) is 0 Å². The molecule has 0 saturated carbocycles. The van der Waals surface area contributed by atoms with E-state index >= 15 is 0 Å². The molecule has 4 atom stereocenters. The van der Waals surface area contributed by atoms with Crippen molar-refractivity contribution in [2.45, 2.75) is 30.7 Å². The van der Waals surface area contributed by atoms with E-state index in [4.69, 9.17) is 0 Å². The summed E-state index contributed by atoms with van der Waals surface area (Å²) in [4.78, 5) is 2.62. The Hall–Kier alpha value is -9.64. The first kappa shape index (κ1) is 42.6. The van der Waals surface area contributed by atoms with Gasteiger partial charge in [-0.15, -0.1) is 0 Å². The summed E-state index contributed by atoms with van der Waals surface area (Å²) in [5.41, 5.74) is 23.0. The van der Waals surface area contributed by atoms with Crippen molar-refractivity contribution in [3.8, 4) is 39.3 Å².